The van der Waals surface area contributed by atoms with E-state index >= 15 is 0 Å². The van der Waals surface area contributed by atoms with Gasteiger partial charge in [0, 0.05) is 12.4 Å². The quantitative estimate of drug-likeness (QED) is 0.750. The lowest BCUT2D eigenvalue weighted by atomic mass is 9.96. The second kappa shape index (κ2) is 3.69. The fourth-order valence-corrected chi connectivity index (χ4v) is 1.53. The predicted octanol–water partition coefficient (Wildman–Crippen LogP) is 0.776. The Morgan fingerprint density at radius 1 is 1.71 bits per heavy atom. The molecule has 0 saturated heterocycles. The fourth-order valence-electron chi connectivity index (χ4n) is 1.53. The van der Waals surface area contributed by atoms with E-state index in [2.05, 4.69) is 4.98 Å². The first kappa shape index (κ1) is 10.6. The summed E-state index contributed by atoms with van der Waals surface area (Å²) in [6.07, 6.45) is 4.05. The van der Waals surface area contributed by atoms with Crippen molar-refractivity contribution in [3.63, 3.8) is 0 Å². The number of nitrogens with zero attached hydrogens (tertiary/aromatic N) is 1. The van der Waals surface area contributed by atoms with Crippen LogP contribution in [0.25, 0.3) is 0 Å². The number of carbonyl (C=O) groups is 1. The van der Waals surface area contributed by atoms with Gasteiger partial charge in [0.1, 0.15) is 5.54 Å². The van der Waals surface area contributed by atoms with Gasteiger partial charge in [-0.1, -0.05) is 13.3 Å². The van der Waals surface area contributed by atoms with Gasteiger partial charge in [0.15, 0.2) is 0 Å². The zero-order valence-electron chi connectivity index (χ0n) is 8.28. The SMILES string of the molecule is CCCC(C)(C(=O)O)n1cc[nH]c1=O. The molecule has 0 bridgehead atoms. The first-order valence-corrected chi connectivity index (χ1v) is 4.52. The van der Waals surface area contributed by atoms with Crippen LogP contribution < -0.4 is 5.69 Å². The summed E-state index contributed by atoms with van der Waals surface area (Å²) in [5.74, 6) is -0.985. The van der Waals surface area contributed by atoms with Crippen LogP contribution in [0, 0.1) is 0 Å². The van der Waals surface area contributed by atoms with E-state index in [0.717, 1.165) is 0 Å². The van der Waals surface area contributed by atoms with Crippen LogP contribution in [0.15, 0.2) is 17.2 Å². The first-order valence-electron chi connectivity index (χ1n) is 4.52. The Labute approximate surface area is 81.4 Å². The summed E-state index contributed by atoms with van der Waals surface area (Å²) in [6, 6.07) is 0. The molecule has 0 saturated carbocycles. The van der Waals surface area contributed by atoms with Crippen molar-refractivity contribution in [2.75, 3.05) is 0 Å². The highest BCUT2D eigenvalue weighted by molar-refractivity contribution is 5.76. The van der Waals surface area contributed by atoms with Crippen LogP contribution in [0.3, 0.4) is 0 Å². The number of aromatic nitrogens is 2. The van der Waals surface area contributed by atoms with E-state index in [0.29, 0.717) is 12.8 Å². The van der Waals surface area contributed by atoms with E-state index in [-0.39, 0.29) is 5.69 Å². The van der Waals surface area contributed by atoms with E-state index in [4.69, 9.17) is 5.11 Å². The van der Waals surface area contributed by atoms with Crippen LogP contribution in [0.4, 0.5) is 0 Å². The zero-order chi connectivity index (χ0) is 10.8. The van der Waals surface area contributed by atoms with E-state index in [1.807, 2.05) is 6.92 Å². The fraction of sp³-hybridized carbons (Fsp3) is 0.556. The Bertz CT molecular complexity index is 379. The molecular weight excluding hydrogens is 184 g/mol. The minimum atomic E-state index is -1.15. The molecular formula is C9H14N2O3. The number of carboxylic acids is 1. The highest BCUT2D eigenvalue weighted by atomic mass is 16.4. The third kappa shape index (κ3) is 1.57. The molecule has 1 heterocycles. The molecule has 0 spiro atoms. The summed E-state index contributed by atoms with van der Waals surface area (Å²) in [5, 5.41) is 9.09. The zero-order valence-corrected chi connectivity index (χ0v) is 8.28. The number of imidazole rings is 1. The van der Waals surface area contributed by atoms with Gasteiger partial charge in [0.25, 0.3) is 0 Å². The monoisotopic (exact) mass is 198 g/mol. The molecule has 0 radical (unpaired) electrons. The lowest BCUT2D eigenvalue weighted by molar-refractivity contribution is -0.147. The molecule has 5 nitrogen and oxygen atoms in total. The van der Waals surface area contributed by atoms with Gasteiger partial charge in [-0.15, -0.1) is 0 Å². The van der Waals surface area contributed by atoms with Crippen LogP contribution in [0.1, 0.15) is 26.7 Å². The summed E-state index contributed by atoms with van der Waals surface area (Å²) in [7, 11) is 0. The number of rotatable bonds is 4. The van der Waals surface area contributed by atoms with Crippen LogP contribution in [0.5, 0.6) is 0 Å². The van der Waals surface area contributed by atoms with Crippen molar-refractivity contribution >= 4 is 5.97 Å². The Hall–Kier alpha value is -1.52. The van der Waals surface area contributed by atoms with E-state index in [9.17, 15) is 9.59 Å². The Morgan fingerprint density at radius 2 is 2.36 bits per heavy atom. The van der Waals surface area contributed by atoms with Gasteiger partial charge in [-0.25, -0.2) is 9.59 Å². The van der Waals surface area contributed by atoms with Crippen LogP contribution in [0.2, 0.25) is 0 Å². The highest BCUT2D eigenvalue weighted by Gasteiger charge is 2.35. The maximum Gasteiger partial charge on any atom is 0.329 e. The van der Waals surface area contributed by atoms with Crippen molar-refractivity contribution in [2.45, 2.75) is 32.2 Å². The van der Waals surface area contributed by atoms with Crippen LogP contribution >= 0.6 is 0 Å². The van der Waals surface area contributed by atoms with Gasteiger partial charge in [-0.2, -0.15) is 0 Å². The van der Waals surface area contributed by atoms with Crippen molar-refractivity contribution in [3.05, 3.63) is 22.9 Å². The van der Waals surface area contributed by atoms with Crippen molar-refractivity contribution in [3.8, 4) is 0 Å². The first-order chi connectivity index (χ1) is 6.52. The molecule has 1 rings (SSSR count). The summed E-state index contributed by atoms with van der Waals surface area (Å²) in [4.78, 5) is 24.8. The summed E-state index contributed by atoms with van der Waals surface area (Å²) < 4.78 is 1.22. The minimum absolute atomic E-state index is 0.386. The summed E-state index contributed by atoms with van der Waals surface area (Å²) in [5.41, 5.74) is -1.53. The molecule has 1 unspecified atom stereocenters. The molecule has 1 aromatic heterocycles. The van der Waals surface area contributed by atoms with E-state index < -0.39 is 11.5 Å². The van der Waals surface area contributed by atoms with Gasteiger partial charge in [0.2, 0.25) is 0 Å². The van der Waals surface area contributed by atoms with Crippen molar-refractivity contribution < 1.29 is 9.90 Å². The number of H-pyrrole nitrogens is 1. The summed E-state index contributed by atoms with van der Waals surface area (Å²) in [6.45, 7) is 3.44. The van der Waals surface area contributed by atoms with E-state index in [1.165, 1.54) is 17.0 Å². The molecule has 0 aromatic carbocycles. The highest BCUT2D eigenvalue weighted by Crippen LogP contribution is 2.20. The molecule has 0 amide bonds. The molecule has 1 aromatic rings. The normalized spacial score (nSPS) is 15.0. The van der Waals surface area contributed by atoms with E-state index in [1.54, 1.807) is 6.92 Å². The predicted molar refractivity (Wildman–Crippen MR) is 51.2 cm³/mol. The van der Waals surface area contributed by atoms with Crippen LogP contribution in [-0.4, -0.2) is 20.6 Å². The van der Waals surface area contributed by atoms with Gasteiger partial charge < -0.3 is 10.1 Å². The number of nitrogens with one attached hydrogen (secondary N) is 1. The molecule has 78 valence electrons. The topological polar surface area (TPSA) is 75.1 Å². The number of aromatic amines is 1. The lowest BCUT2D eigenvalue weighted by Crippen LogP contribution is -2.43. The van der Waals surface area contributed by atoms with Crippen molar-refractivity contribution in [2.24, 2.45) is 0 Å². The standard InChI is InChI=1S/C9H14N2O3/c1-3-4-9(2,7(12)13)11-6-5-10-8(11)14/h5-6H,3-4H2,1-2H3,(H,10,14)(H,12,13). The Kier molecular flexibility index (Phi) is 2.78. The molecule has 0 aliphatic heterocycles. The molecule has 0 aliphatic carbocycles. The molecule has 2 N–H and O–H groups in total. The smallest absolute Gasteiger partial charge is 0.329 e. The maximum absolute atomic E-state index is 11.3. The van der Waals surface area contributed by atoms with Crippen molar-refractivity contribution in [1.82, 2.24) is 9.55 Å². The van der Waals surface area contributed by atoms with Gasteiger partial charge >= 0.3 is 11.7 Å². The molecule has 5 heteroatoms. The van der Waals surface area contributed by atoms with Crippen molar-refractivity contribution in [1.29, 1.82) is 0 Å². The maximum atomic E-state index is 11.3. The number of hydrogen-bond acceptors (Lipinski definition) is 2. The lowest BCUT2D eigenvalue weighted by Gasteiger charge is -2.24. The van der Waals surface area contributed by atoms with Gasteiger partial charge in [-0.05, 0) is 13.3 Å². The second-order valence-electron chi connectivity index (χ2n) is 3.46. The summed E-state index contributed by atoms with van der Waals surface area (Å²) >= 11 is 0. The number of hydrogen-bond donors (Lipinski definition) is 2. The number of carboxylic acid groups (broad SMARTS) is 1. The average molecular weight is 198 g/mol. The third-order valence-corrected chi connectivity index (χ3v) is 2.38. The number of aliphatic carboxylic acids is 1. The molecule has 0 fully saturated rings. The molecule has 14 heavy (non-hydrogen) atoms. The largest absolute Gasteiger partial charge is 0.479 e. The third-order valence-electron chi connectivity index (χ3n) is 2.38. The van der Waals surface area contributed by atoms with Gasteiger partial charge in [0.05, 0.1) is 0 Å². The van der Waals surface area contributed by atoms with Gasteiger partial charge in [-0.3, -0.25) is 4.57 Å². The second-order valence-corrected chi connectivity index (χ2v) is 3.46. The average Bonchev–Trinajstić information content (AvgIpc) is 2.51. The Balaban J connectivity index is 3.19. The minimum Gasteiger partial charge on any atom is -0.479 e. The molecule has 1 atom stereocenters. The Morgan fingerprint density at radius 3 is 2.71 bits per heavy atom. The van der Waals surface area contributed by atoms with Crippen LogP contribution in [-0.2, 0) is 10.3 Å². The molecule has 0 aliphatic rings.